The highest BCUT2D eigenvalue weighted by Gasteiger charge is 2.30. The molecule has 1 aromatic heterocycles. The van der Waals surface area contributed by atoms with Gasteiger partial charge in [0.05, 0.1) is 14.2 Å². The van der Waals surface area contributed by atoms with E-state index in [1.54, 1.807) is 14.2 Å². The predicted octanol–water partition coefficient (Wildman–Crippen LogP) is 2.40. The minimum absolute atomic E-state index is 0.0684. The molecule has 0 spiro atoms. The highest BCUT2D eigenvalue weighted by Crippen LogP contribution is 2.32. The van der Waals surface area contributed by atoms with Crippen LogP contribution in [0.2, 0.25) is 0 Å². The van der Waals surface area contributed by atoms with Gasteiger partial charge in [-0.05, 0) is 49.4 Å². The lowest BCUT2D eigenvalue weighted by Gasteiger charge is -2.29. The highest BCUT2D eigenvalue weighted by molar-refractivity contribution is 5.79. The average Bonchev–Trinajstić information content (AvgIpc) is 2.94. The van der Waals surface area contributed by atoms with Gasteiger partial charge in [-0.2, -0.15) is 0 Å². The quantitative estimate of drug-likeness (QED) is 0.834. The molecule has 2 aromatic rings. The van der Waals surface area contributed by atoms with E-state index in [0.717, 1.165) is 62.6 Å². The molecule has 144 valence electrons. The summed E-state index contributed by atoms with van der Waals surface area (Å²) in [5.41, 5.74) is 3.69. The number of aryl methyl sites for hydroxylation is 1. The van der Waals surface area contributed by atoms with Gasteiger partial charge in [0.2, 0.25) is 5.91 Å². The van der Waals surface area contributed by atoms with Crippen molar-refractivity contribution in [3.63, 3.8) is 0 Å². The Morgan fingerprint density at radius 3 is 2.30 bits per heavy atom. The summed E-state index contributed by atoms with van der Waals surface area (Å²) >= 11 is 0. The van der Waals surface area contributed by atoms with Gasteiger partial charge in [-0.1, -0.05) is 0 Å². The molecular weight excluding hydrogens is 342 g/mol. The lowest BCUT2D eigenvalue weighted by atomic mass is 9.94. The van der Waals surface area contributed by atoms with Gasteiger partial charge in [0.25, 0.3) is 0 Å². The van der Waals surface area contributed by atoms with Crippen LogP contribution in [0.5, 0.6) is 11.5 Å². The zero-order chi connectivity index (χ0) is 19.0. The summed E-state index contributed by atoms with van der Waals surface area (Å²) < 4.78 is 13.1. The molecule has 0 saturated heterocycles. The summed E-state index contributed by atoms with van der Waals surface area (Å²) in [4.78, 5) is 19.6. The molecule has 0 fully saturated rings. The van der Waals surface area contributed by atoms with E-state index in [0.29, 0.717) is 0 Å². The zero-order valence-corrected chi connectivity index (χ0v) is 16.3. The summed E-state index contributed by atoms with van der Waals surface area (Å²) in [7, 11) is 3.32. The van der Waals surface area contributed by atoms with Crippen LogP contribution in [0.25, 0.3) is 0 Å². The van der Waals surface area contributed by atoms with Crippen LogP contribution in [0.15, 0.2) is 18.3 Å². The van der Waals surface area contributed by atoms with Crippen LogP contribution in [0.4, 0.5) is 0 Å². The van der Waals surface area contributed by atoms with Gasteiger partial charge in [0.15, 0.2) is 11.5 Å². The van der Waals surface area contributed by atoms with Gasteiger partial charge in [0.1, 0.15) is 5.82 Å². The van der Waals surface area contributed by atoms with Crippen LogP contribution < -0.4 is 9.47 Å². The Kier molecular flexibility index (Phi) is 4.81. The van der Waals surface area contributed by atoms with E-state index in [1.807, 2.05) is 18.0 Å². The number of imidazole rings is 1. The Labute approximate surface area is 160 Å². The van der Waals surface area contributed by atoms with Crippen LogP contribution in [0.1, 0.15) is 29.1 Å². The monoisotopic (exact) mass is 369 g/mol. The van der Waals surface area contributed by atoms with E-state index in [4.69, 9.17) is 9.47 Å². The second kappa shape index (κ2) is 7.25. The summed E-state index contributed by atoms with van der Waals surface area (Å²) in [5.74, 6) is 2.91. The first kappa shape index (κ1) is 17.9. The highest BCUT2D eigenvalue weighted by atomic mass is 16.5. The molecule has 6 heteroatoms. The molecule has 6 nitrogen and oxygen atoms in total. The molecule has 1 aromatic carbocycles. The fourth-order valence-electron chi connectivity index (χ4n) is 4.36. The molecule has 1 amide bonds. The third-order valence-corrected chi connectivity index (χ3v) is 5.96. The average molecular weight is 369 g/mol. The van der Waals surface area contributed by atoms with E-state index >= 15 is 0 Å². The first-order valence-corrected chi connectivity index (χ1v) is 9.64. The number of aromatic nitrogens is 2. The van der Waals surface area contributed by atoms with Crippen molar-refractivity contribution in [2.24, 2.45) is 5.92 Å². The molecule has 27 heavy (non-hydrogen) atoms. The minimum Gasteiger partial charge on any atom is -0.493 e. The second-order valence-corrected chi connectivity index (χ2v) is 7.44. The summed E-state index contributed by atoms with van der Waals surface area (Å²) in [6.07, 6.45) is 5.32. The van der Waals surface area contributed by atoms with E-state index in [2.05, 4.69) is 21.7 Å². The van der Waals surface area contributed by atoms with Crippen LogP contribution in [-0.4, -0.2) is 47.7 Å². The van der Waals surface area contributed by atoms with Crippen molar-refractivity contribution in [2.75, 3.05) is 27.3 Å². The van der Waals surface area contributed by atoms with E-state index in [-0.39, 0.29) is 11.8 Å². The fourth-order valence-corrected chi connectivity index (χ4v) is 4.36. The van der Waals surface area contributed by atoms with E-state index < -0.39 is 0 Å². The number of methoxy groups -OCH3 is 2. The van der Waals surface area contributed by atoms with Crippen molar-refractivity contribution in [1.29, 1.82) is 0 Å². The number of hydrogen-bond donors (Lipinski definition) is 0. The molecular formula is C21H27N3O3. The molecule has 2 aliphatic heterocycles. The lowest BCUT2D eigenvalue weighted by molar-refractivity contribution is -0.136. The summed E-state index contributed by atoms with van der Waals surface area (Å²) in [6, 6.07) is 4.12. The molecule has 0 radical (unpaired) electrons. The molecule has 2 aliphatic rings. The number of rotatable bonds is 3. The summed E-state index contributed by atoms with van der Waals surface area (Å²) in [5, 5.41) is 0. The number of hydrogen-bond acceptors (Lipinski definition) is 4. The molecule has 0 saturated carbocycles. The van der Waals surface area contributed by atoms with Crippen LogP contribution in [-0.2, 0) is 30.6 Å². The SMILES string of the molecule is COc1cc2c(cc1OC)CCN(C(=O)C1CCn3c(cnc3C)C1)CC2. The summed E-state index contributed by atoms with van der Waals surface area (Å²) in [6.45, 7) is 4.44. The van der Waals surface area contributed by atoms with Gasteiger partial charge in [-0.25, -0.2) is 4.98 Å². The Hall–Kier alpha value is -2.50. The number of carbonyl (C=O) groups is 1. The minimum atomic E-state index is 0.0684. The van der Waals surface area contributed by atoms with Crippen molar-refractivity contribution in [1.82, 2.24) is 14.5 Å². The van der Waals surface area contributed by atoms with E-state index in [9.17, 15) is 4.79 Å². The van der Waals surface area contributed by atoms with Gasteiger partial charge in [-0.3, -0.25) is 4.79 Å². The Morgan fingerprint density at radius 1 is 1.07 bits per heavy atom. The van der Waals surface area contributed by atoms with Crippen LogP contribution >= 0.6 is 0 Å². The number of benzene rings is 1. The maximum atomic E-state index is 13.2. The largest absolute Gasteiger partial charge is 0.493 e. The fraction of sp³-hybridized carbons (Fsp3) is 0.524. The van der Waals surface area contributed by atoms with Crippen molar-refractivity contribution >= 4 is 5.91 Å². The van der Waals surface area contributed by atoms with Crippen LogP contribution in [0.3, 0.4) is 0 Å². The number of carbonyl (C=O) groups excluding carboxylic acids is 1. The van der Waals surface area contributed by atoms with Gasteiger partial charge in [-0.15, -0.1) is 0 Å². The molecule has 0 aliphatic carbocycles. The lowest BCUT2D eigenvalue weighted by Crippen LogP contribution is -2.40. The van der Waals surface area contributed by atoms with Crippen LogP contribution in [0, 0.1) is 12.8 Å². The smallest absolute Gasteiger partial charge is 0.226 e. The third kappa shape index (κ3) is 3.29. The van der Waals surface area contributed by atoms with E-state index in [1.165, 1.54) is 16.8 Å². The second-order valence-electron chi connectivity index (χ2n) is 7.44. The molecule has 3 heterocycles. The molecule has 4 rings (SSSR count). The Morgan fingerprint density at radius 2 is 1.70 bits per heavy atom. The van der Waals surface area contributed by atoms with Gasteiger partial charge in [0, 0.05) is 43.9 Å². The standard InChI is InChI=1S/C21H27N3O3/c1-14-22-13-18-10-17(6-9-24(14)18)21(25)23-7-4-15-11-19(26-2)20(27-3)12-16(15)5-8-23/h11-13,17H,4-10H2,1-3H3. The zero-order valence-electron chi connectivity index (χ0n) is 16.3. The van der Waals surface area contributed by atoms with Gasteiger partial charge < -0.3 is 18.9 Å². The molecule has 1 atom stereocenters. The first-order chi connectivity index (χ1) is 13.1. The topological polar surface area (TPSA) is 56.6 Å². The number of ether oxygens (including phenoxy) is 2. The van der Waals surface area contributed by atoms with Crippen molar-refractivity contribution in [3.8, 4) is 11.5 Å². The predicted molar refractivity (Wildman–Crippen MR) is 102 cm³/mol. The van der Waals surface area contributed by atoms with Crippen molar-refractivity contribution < 1.29 is 14.3 Å². The molecule has 1 unspecified atom stereocenters. The number of fused-ring (bicyclic) bond motifs is 2. The first-order valence-electron chi connectivity index (χ1n) is 9.64. The molecule has 0 bridgehead atoms. The Bertz CT molecular complexity index is 824. The maximum absolute atomic E-state index is 13.2. The normalized spacial score (nSPS) is 19.1. The number of nitrogens with zero attached hydrogens (tertiary/aromatic N) is 3. The van der Waals surface area contributed by atoms with Crippen molar-refractivity contribution in [2.45, 2.75) is 39.2 Å². The number of amides is 1. The maximum Gasteiger partial charge on any atom is 0.226 e. The van der Waals surface area contributed by atoms with Crippen molar-refractivity contribution in [3.05, 3.63) is 41.0 Å². The molecule has 0 N–H and O–H groups in total. The Balaban J connectivity index is 1.47. The van der Waals surface area contributed by atoms with Gasteiger partial charge >= 0.3 is 0 Å². The third-order valence-electron chi connectivity index (χ3n) is 5.96.